The highest BCUT2D eigenvalue weighted by Gasteiger charge is 2.36. The Hall–Kier alpha value is -2.95. The number of carbonyl (C=O) groups excluding carboxylic acids is 1. The van der Waals surface area contributed by atoms with E-state index in [2.05, 4.69) is 4.98 Å². The van der Waals surface area contributed by atoms with Gasteiger partial charge in [0.05, 0.1) is 23.6 Å². The molecule has 1 heterocycles. The Morgan fingerprint density at radius 2 is 1.93 bits per heavy atom. The Kier molecular flexibility index (Phi) is 5.84. The van der Waals surface area contributed by atoms with Gasteiger partial charge in [-0.05, 0) is 35.9 Å². The topological polar surface area (TPSA) is 85.4 Å². The average molecular weight is 404 g/mol. The Balaban J connectivity index is 2.22. The molecule has 0 aliphatic rings. The van der Waals surface area contributed by atoms with Crippen molar-refractivity contribution in [3.8, 4) is 5.88 Å². The number of pyridine rings is 1. The number of nitrogens with zero attached hydrogens (tertiary/aromatic N) is 1. The first-order valence-electron chi connectivity index (χ1n) is 7.14. The molecule has 0 saturated carbocycles. The largest absolute Gasteiger partial charge is 0.481 e. The number of hydrogen-bond acceptors (Lipinski definition) is 5. The van der Waals surface area contributed by atoms with Gasteiger partial charge in [-0.25, -0.2) is 22.5 Å². The number of nitrogens with one attached hydrogen (secondary N) is 1. The molecular weight excluding hydrogens is 392 g/mol. The molecule has 27 heavy (non-hydrogen) atoms. The van der Waals surface area contributed by atoms with Gasteiger partial charge in [0, 0.05) is 12.3 Å². The number of methoxy groups -OCH3 is 1. The molecule has 1 aromatic carbocycles. The summed E-state index contributed by atoms with van der Waals surface area (Å²) in [5.41, 5.74) is -2.27. The molecule has 1 N–H and O–H groups in total. The van der Waals surface area contributed by atoms with Crippen molar-refractivity contribution in [2.45, 2.75) is 6.18 Å². The first kappa shape index (κ1) is 20.4. The van der Waals surface area contributed by atoms with E-state index in [1.165, 1.54) is 30.2 Å². The van der Waals surface area contributed by atoms with Crippen molar-refractivity contribution in [1.82, 2.24) is 9.71 Å². The molecule has 0 atom stereocenters. The molecule has 11 heteroatoms. The van der Waals surface area contributed by atoms with Crippen LogP contribution in [0.5, 0.6) is 5.88 Å². The molecule has 2 rings (SSSR count). The van der Waals surface area contributed by atoms with Crippen molar-refractivity contribution in [3.05, 3.63) is 64.4 Å². The maximum Gasteiger partial charge on any atom is 0.417 e. The van der Waals surface area contributed by atoms with E-state index in [1.807, 2.05) is 0 Å². The van der Waals surface area contributed by atoms with E-state index in [1.54, 1.807) is 0 Å². The summed E-state index contributed by atoms with van der Waals surface area (Å²) in [4.78, 5) is 15.8. The number of ether oxygens (including phenoxy) is 1. The standard InChI is InChI=1S/C16H12F4N2O4S/c1-26-14-5-2-10(9-21-14)6-7-27(24,25)22-15(23)12-4-3-11(17)8-13(12)16(18,19)20/h2-9H,1H3,(H,22,23)/b7-6+. The smallest absolute Gasteiger partial charge is 0.417 e. The third kappa shape index (κ3) is 5.51. The van der Waals surface area contributed by atoms with Crippen molar-refractivity contribution in [2.75, 3.05) is 7.11 Å². The zero-order chi connectivity index (χ0) is 20.2. The normalized spacial score (nSPS) is 12.2. The number of benzene rings is 1. The van der Waals surface area contributed by atoms with Crippen LogP contribution in [0.2, 0.25) is 0 Å². The highest BCUT2D eigenvalue weighted by atomic mass is 32.2. The van der Waals surface area contributed by atoms with Crippen LogP contribution in [-0.4, -0.2) is 26.4 Å². The molecule has 1 amide bonds. The van der Waals surface area contributed by atoms with Gasteiger partial charge >= 0.3 is 6.18 Å². The minimum Gasteiger partial charge on any atom is -0.481 e. The number of sulfonamides is 1. The minimum absolute atomic E-state index is 0.112. The number of carbonyl (C=O) groups is 1. The number of halogens is 4. The molecule has 2 aromatic rings. The summed E-state index contributed by atoms with van der Waals surface area (Å²) in [6.07, 6.45) is -2.67. The second kappa shape index (κ2) is 7.74. The highest BCUT2D eigenvalue weighted by molar-refractivity contribution is 7.93. The summed E-state index contributed by atoms with van der Waals surface area (Å²) >= 11 is 0. The van der Waals surface area contributed by atoms with Gasteiger partial charge in [-0.2, -0.15) is 13.2 Å². The van der Waals surface area contributed by atoms with Gasteiger partial charge in [0.2, 0.25) is 5.88 Å². The Labute approximate surface area is 151 Å². The third-order valence-electron chi connectivity index (χ3n) is 3.17. The lowest BCUT2D eigenvalue weighted by molar-refractivity contribution is -0.138. The van der Waals surface area contributed by atoms with Crippen LogP contribution in [0.25, 0.3) is 6.08 Å². The average Bonchev–Trinajstić information content (AvgIpc) is 2.59. The summed E-state index contributed by atoms with van der Waals surface area (Å²) in [7, 11) is -3.02. The van der Waals surface area contributed by atoms with Crippen LogP contribution in [-0.2, 0) is 16.2 Å². The minimum atomic E-state index is -5.04. The van der Waals surface area contributed by atoms with Gasteiger partial charge in [-0.3, -0.25) is 4.79 Å². The third-order valence-corrected chi connectivity index (χ3v) is 4.14. The summed E-state index contributed by atoms with van der Waals surface area (Å²) in [5.74, 6) is -2.47. The van der Waals surface area contributed by atoms with Gasteiger partial charge in [0.25, 0.3) is 15.9 Å². The van der Waals surface area contributed by atoms with E-state index in [0.29, 0.717) is 29.0 Å². The van der Waals surface area contributed by atoms with Crippen LogP contribution in [0.4, 0.5) is 17.6 Å². The first-order chi connectivity index (χ1) is 12.5. The number of aromatic nitrogens is 1. The first-order valence-corrected chi connectivity index (χ1v) is 8.68. The lowest BCUT2D eigenvalue weighted by Gasteiger charge is -2.12. The molecule has 0 bridgehead atoms. The van der Waals surface area contributed by atoms with Gasteiger partial charge in [-0.15, -0.1) is 0 Å². The molecule has 0 radical (unpaired) electrons. The van der Waals surface area contributed by atoms with Crippen LogP contribution in [0.1, 0.15) is 21.5 Å². The number of rotatable bonds is 5. The second-order valence-corrected chi connectivity index (χ2v) is 6.67. The molecule has 0 spiro atoms. The van der Waals surface area contributed by atoms with Crippen molar-refractivity contribution < 1.29 is 35.5 Å². The van der Waals surface area contributed by atoms with E-state index < -0.39 is 39.1 Å². The van der Waals surface area contributed by atoms with E-state index >= 15 is 0 Å². The highest BCUT2D eigenvalue weighted by Crippen LogP contribution is 2.32. The van der Waals surface area contributed by atoms with Crippen LogP contribution in [0.3, 0.4) is 0 Å². The maximum atomic E-state index is 13.1. The van der Waals surface area contributed by atoms with E-state index in [9.17, 15) is 30.8 Å². The lowest BCUT2D eigenvalue weighted by atomic mass is 10.1. The SMILES string of the molecule is COc1ccc(/C=C/S(=O)(=O)NC(=O)c2ccc(F)cc2C(F)(F)F)cn1. The van der Waals surface area contributed by atoms with Gasteiger partial charge in [0.15, 0.2) is 0 Å². The van der Waals surface area contributed by atoms with Gasteiger partial charge in [0.1, 0.15) is 5.82 Å². The van der Waals surface area contributed by atoms with Crippen molar-refractivity contribution in [3.63, 3.8) is 0 Å². The predicted octanol–water partition coefficient (Wildman–Crippen LogP) is 2.98. The van der Waals surface area contributed by atoms with Crippen LogP contribution in [0.15, 0.2) is 41.9 Å². The monoisotopic (exact) mass is 404 g/mol. The van der Waals surface area contributed by atoms with Crippen molar-refractivity contribution in [2.24, 2.45) is 0 Å². The zero-order valence-corrected chi connectivity index (χ0v) is 14.4. The molecule has 6 nitrogen and oxygen atoms in total. The number of alkyl halides is 3. The molecule has 0 aliphatic carbocycles. The van der Waals surface area contributed by atoms with Crippen LogP contribution in [0, 0.1) is 5.82 Å². The molecule has 0 saturated heterocycles. The van der Waals surface area contributed by atoms with Crippen molar-refractivity contribution in [1.29, 1.82) is 0 Å². The van der Waals surface area contributed by atoms with E-state index in [4.69, 9.17) is 4.74 Å². The second-order valence-electron chi connectivity index (χ2n) is 5.10. The fraction of sp³-hybridized carbons (Fsp3) is 0.125. The number of amides is 1. The van der Waals surface area contributed by atoms with Gasteiger partial charge < -0.3 is 4.74 Å². The maximum absolute atomic E-state index is 13.1. The summed E-state index contributed by atoms with van der Waals surface area (Å²) < 4.78 is 82.0. The fourth-order valence-corrected chi connectivity index (χ4v) is 2.72. The quantitative estimate of drug-likeness (QED) is 0.775. The molecule has 144 valence electrons. The molecular formula is C16H12F4N2O4S. The molecule has 1 aromatic heterocycles. The predicted molar refractivity (Wildman–Crippen MR) is 87.6 cm³/mol. The Morgan fingerprint density at radius 1 is 1.22 bits per heavy atom. The van der Waals surface area contributed by atoms with Crippen LogP contribution < -0.4 is 9.46 Å². The van der Waals surface area contributed by atoms with E-state index in [-0.39, 0.29) is 6.07 Å². The Morgan fingerprint density at radius 3 is 2.48 bits per heavy atom. The molecule has 0 aliphatic heterocycles. The van der Waals surface area contributed by atoms with Gasteiger partial charge in [-0.1, -0.05) is 0 Å². The summed E-state index contributed by atoms with van der Waals surface area (Å²) in [6.45, 7) is 0. The zero-order valence-electron chi connectivity index (χ0n) is 13.6. The summed E-state index contributed by atoms with van der Waals surface area (Å²) in [6, 6.07) is 4.22. The molecule has 0 unspecified atom stereocenters. The van der Waals surface area contributed by atoms with E-state index in [0.717, 1.165) is 6.08 Å². The Bertz CT molecular complexity index is 971. The lowest BCUT2D eigenvalue weighted by Crippen LogP contribution is -2.30. The number of hydrogen-bond donors (Lipinski definition) is 1. The van der Waals surface area contributed by atoms with Crippen molar-refractivity contribution >= 4 is 22.0 Å². The van der Waals surface area contributed by atoms with Crippen LogP contribution >= 0.6 is 0 Å². The summed E-state index contributed by atoms with van der Waals surface area (Å²) in [5, 5.41) is 0.588. The molecule has 0 fully saturated rings. The fourth-order valence-electron chi connectivity index (χ4n) is 1.95.